The predicted molar refractivity (Wildman–Crippen MR) is 87.0 cm³/mol. The number of ether oxygens (including phenoxy) is 1. The standard InChI is InChI=1S/C18H18F3N3O2.ClH/c19-10-7-14(17(25)24-12-3-1-11(22)2-4-12)18(23-9-10)26-13-5-6-15(20)16(21)8-13;/h5-9,11-12H,1-4,22H2,(H,24,25);1H. The number of pyridine rings is 1. The Balaban J connectivity index is 0.00000261. The van der Waals surface area contributed by atoms with Gasteiger partial charge in [-0.25, -0.2) is 18.2 Å². The number of nitrogens with zero attached hydrogens (tertiary/aromatic N) is 1. The molecule has 1 aliphatic carbocycles. The van der Waals surface area contributed by atoms with E-state index in [9.17, 15) is 18.0 Å². The lowest BCUT2D eigenvalue weighted by atomic mass is 9.91. The molecular formula is C18H19ClF3N3O2. The van der Waals surface area contributed by atoms with Gasteiger partial charge in [0, 0.05) is 24.9 Å². The van der Waals surface area contributed by atoms with Crippen LogP contribution >= 0.6 is 0 Å². The van der Waals surface area contributed by atoms with Crippen molar-refractivity contribution in [3.63, 3.8) is 0 Å². The van der Waals surface area contributed by atoms with Gasteiger partial charge in [0.2, 0.25) is 5.88 Å². The fourth-order valence-corrected chi connectivity index (χ4v) is 2.89. The predicted octanol–water partition coefficient (Wildman–Crippen LogP) is -0.422. The number of carbonyl (C=O) groups excluding carboxylic acids is 1. The van der Waals surface area contributed by atoms with E-state index < -0.39 is 23.4 Å². The smallest absolute Gasteiger partial charge is 0.257 e. The van der Waals surface area contributed by atoms with E-state index >= 15 is 0 Å². The Morgan fingerprint density at radius 1 is 1.11 bits per heavy atom. The molecule has 1 aliphatic rings. The van der Waals surface area contributed by atoms with E-state index in [-0.39, 0.29) is 35.6 Å². The molecule has 0 unspecified atom stereocenters. The second-order valence-electron chi connectivity index (χ2n) is 6.38. The van der Waals surface area contributed by atoms with Crippen LogP contribution in [0.4, 0.5) is 13.2 Å². The number of hydrogen-bond donors (Lipinski definition) is 2. The molecule has 9 heteroatoms. The molecule has 2 aromatic rings. The molecular weight excluding hydrogens is 383 g/mol. The first kappa shape index (κ1) is 21.0. The summed E-state index contributed by atoms with van der Waals surface area (Å²) in [6, 6.07) is 4.28. The minimum atomic E-state index is -1.10. The highest BCUT2D eigenvalue weighted by Gasteiger charge is 2.24. The van der Waals surface area contributed by atoms with Crippen molar-refractivity contribution in [3.8, 4) is 11.6 Å². The lowest BCUT2D eigenvalue weighted by molar-refractivity contribution is -0.425. The Morgan fingerprint density at radius 2 is 1.81 bits per heavy atom. The van der Waals surface area contributed by atoms with Gasteiger partial charge in [0.1, 0.15) is 17.1 Å². The molecule has 4 N–H and O–H groups in total. The van der Waals surface area contributed by atoms with Crippen LogP contribution in [-0.2, 0) is 0 Å². The molecule has 0 saturated heterocycles. The molecule has 1 fully saturated rings. The second kappa shape index (κ2) is 9.05. The molecule has 0 aliphatic heterocycles. The highest BCUT2D eigenvalue weighted by molar-refractivity contribution is 5.96. The van der Waals surface area contributed by atoms with E-state index in [0.717, 1.165) is 50.1 Å². The maximum Gasteiger partial charge on any atom is 0.257 e. The Labute approximate surface area is 160 Å². The highest BCUT2D eigenvalue weighted by Crippen LogP contribution is 2.26. The average Bonchev–Trinajstić information content (AvgIpc) is 2.61. The lowest BCUT2D eigenvalue weighted by Gasteiger charge is -2.25. The van der Waals surface area contributed by atoms with E-state index in [1.807, 2.05) is 0 Å². The van der Waals surface area contributed by atoms with E-state index in [4.69, 9.17) is 4.74 Å². The topological polar surface area (TPSA) is 78.9 Å². The fourth-order valence-electron chi connectivity index (χ4n) is 2.89. The second-order valence-corrected chi connectivity index (χ2v) is 6.38. The van der Waals surface area contributed by atoms with Gasteiger partial charge in [0.25, 0.3) is 5.91 Å². The van der Waals surface area contributed by atoms with Crippen molar-refractivity contribution in [1.82, 2.24) is 10.3 Å². The maximum atomic E-state index is 13.6. The number of quaternary nitrogens is 1. The van der Waals surface area contributed by atoms with Gasteiger partial charge in [-0.05, 0) is 31.0 Å². The normalized spacial score (nSPS) is 19.1. The van der Waals surface area contributed by atoms with Crippen molar-refractivity contribution in [2.75, 3.05) is 0 Å². The van der Waals surface area contributed by atoms with E-state index in [1.54, 1.807) is 0 Å². The molecule has 0 atom stereocenters. The van der Waals surface area contributed by atoms with Gasteiger partial charge in [-0.15, -0.1) is 0 Å². The molecule has 1 heterocycles. The molecule has 146 valence electrons. The SMILES string of the molecule is [Cl-].[NH3+]C1CCC(NC(=O)c2cc(F)cnc2Oc2ccc(F)c(F)c2)CC1. The Hall–Kier alpha value is -2.32. The molecule has 1 amide bonds. The van der Waals surface area contributed by atoms with Crippen LogP contribution in [0.3, 0.4) is 0 Å². The van der Waals surface area contributed by atoms with Crippen LogP contribution in [0.5, 0.6) is 11.6 Å². The number of carbonyl (C=O) groups is 1. The Kier molecular flexibility index (Phi) is 7.04. The number of benzene rings is 1. The third kappa shape index (κ3) is 5.33. The number of amides is 1. The van der Waals surface area contributed by atoms with Crippen molar-refractivity contribution in [2.24, 2.45) is 0 Å². The number of nitrogens with one attached hydrogen (secondary N) is 1. The maximum absolute atomic E-state index is 13.6. The first-order valence-electron chi connectivity index (χ1n) is 8.35. The van der Waals surface area contributed by atoms with Gasteiger partial charge < -0.3 is 28.2 Å². The van der Waals surface area contributed by atoms with Crippen LogP contribution < -0.4 is 28.2 Å². The van der Waals surface area contributed by atoms with Crippen molar-refractivity contribution in [3.05, 3.63) is 53.5 Å². The number of hydrogen-bond acceptors (Lipinski definition) is 3. The number of aromatic nitrogens is 1. The summed E-state index contributed by atoms with van der Waals surface area (Å²) in [7, 11) is 0. The average molecular weight is 402 g/mol. The van der Waals surface area contributed by atoms with E-state index in [1.165, 1.54) is 6.07 Å². The van der Waals surface area contributed by atoms with Crippen LogP contribution in [0.2, 0.25) is 0 Å². The summed E-state index contributed by atoms with van der Waals surface area (Å²) in [5, 5.41) is 2.84. The van der Waals surface area contributed by atoms with Crippen molar-refractivity contribution in [2.45, 2.75) is 37.8 Å². The largest absolute Gasteiger partial charge is 1.00 e. The molecule has 1 aromatic heterocycles. The van der Waals surface area contributed by atoms with Crippen LogP contribution in [0, 0.1) is 17.5 Å². The van der Waals surface area contributed by atoms with Crippen molar-refractivity contribution >= 4 is 5.91 Å². The summed E-state index contributed by atoms with van der Waals surface area (Å²) in [5.74, 6) is -3.57. The minimum absolute atomic E-state index is 0. The first-order chi connectivity index (χ1) is 12.4. The Morgan fingerprint density at radius 3 is 2.48 bits per heavy atom. The van der Waals surface area contributed by atoms with E-state index in [2.05, 4.69) is 16.0 Å². The van der Waals surface area contributed by atoms with Gasteiger partial charge in [-0.3, -0.25) is 4.79 Å². The lowest BCUT2D eigenvalue weighted by Crippen LogP contribution is -3.00. The molecule has 27 heavy (non-hydrogen) atoms. The zero-order valence-corrected chi connectivity index (χ0v) is 15.1. The molecule has 0 bridgehead atoms. The summed E-state index contributed by atoms with van der Waals surface area (Å²) >= 11 is 0. The van der Waals surface area contributed by atoms with Crippen molar-refractivity contribution in [1.29, 1.82) is 0 Å². The van der Waals surface area contributed by atoms with Gasteiger partial charge in [0.15, 0.2) is 11.6 Å². The summed E-state index contributed by atoms with van der Waals surface area (Å²) in [4.78, 5) is 16.3. The van der Waals surface area contributed by atoms with Crippen LogP contribution in [0.15, 0.2) is 30.5 Å². The summed E-state index contributed by atoms with van der Waals surface area (Å²) < 4.78 is 45.3. The van der Waals surface area contributed by atoms with E-state index in [0.29, 0.717) is 6.04 Å². The number of rotatable bonds is 4. The van der Waals surface area contributed by atoms with Crippen LogP contribution in [0.1, 0.15) is 36.0 Å². The molecule has 1 saturated carbocycles. The molecule has 0 spiro atoms. The third-order valence-electron chi connectivity index (χ3n) is 4.35. The molecule has 0 radical (unpaired) electrons. The molecule has 3 rings (SSSR count). The molecule has 1 aromatic carbocycles. The fraction of sp³-hybridized carbons (Fsp3) is 0.333. The van der Waals surface area contributed by atoms with Gasteiger partial charge in [-0.2, -0.15) is 0 Å². The zero-order chi connectivity index (χ0) is 18.7. The third-order valence-corrected chi connectivity index (χ3v) is 4.35. The molecule has 5 nitrogen and oxygen atoms in total. The van der Waals surface area contributed by atoms with Gasteiger partial charge in [-0.1, -0.05) is 0 Å². The number of halogens is 4. The highest BCUT2D eigenvalue weighted by atomic mass is 35.5. The summed E-state index contributed by atoms with van der Waals surface area (Å²) in [6.07, 6.45) is 4.29. The minimum Gasteiger partial charge on any atom is -1.00 e. The van der Waals surface area contributed by atoms with Crippen LogP contribution in [-0.4, -0.2) is 23.0 Å². The zero-order valence-electron chi connectivity index (χ0n) is 14.4. The summed E-state index contributed by atoms with van der Waals surface area (Å²) in [6.45, 7) is 0. The summed E-state index contributed by atoms with van der Waals surface area (Å²) in [5.41, 5.74) is 3.90. The van der Waals surface area contributed by atoms with Crippen LogP contribution in [0.25, 0.3) is 0 Å². The monoisotopic (exact) mass is 401 g/mol. The van der Waals surface area contributed by atoms with Crippen molar-refractivity contribution < 1.29 is 40.8 Å². The first-order valence-corrected chi connectivity index (χ1v) is 8.35. The quantitative estimate of drug-likeness (QED) is 0.730. The Bertz CT molecular complexity index is 814. The van der Waals surface area contributed by atoms with Gasteiger partial charge in [0.05, 0.1) is 12.2 Å². The van der Waals surface area contributed by atoms with Gasteiger partial charge >= 0.3 is 0 Å².